The Balaban J connectivity index is 0.989. The Morgan fingerprint density at radius 1 is 0.985 bits per heavy atom. The minimum absolute atomic E-state index is 0.0327. The Labute approximate surface area is 389 Å². The van der Waals surface area contributed by atoms with Crippen molar-refractivity contribution in [3.8, 4) is 5.75 Å². The number of halogens is 3. The van der Waals surface area contributed by atoms with E-state index in [1.807, 2.05) is 42.0 Å². The normalized spacial score (nSPS) is 26.3. The van der Waals surface area contributed by atoms with Crippen LogP contribution in [-0.4, -0.2) is 113 Å². The molecule has 12 nitrogen and oxygen atoms in total. The molecule has 3 aromatic carbocycles. The zero-order valence-corrected chi connectivity index (χ0v) is 39.5. The molecule has 4 fully saturated rings. The molecule has 0 aromatic heterocycles. The molecule has 4 heterocycles. The van der Waals surface area contributed by atoms with Gasteiger partial charge in [-0.25, -0.2) is 18.3 Å². The minimum Gasteiger partial charge on any atom is -0.465 e. The number of carbonyl (C=O) groups is 4. The quantitative estimate of drug-likeness (QED) is 0.100. The van der Waals surface area contributed by atoms with Crippen molar-refractivity contribution in [2.75, 3.05) is 26.7 Å². The van der Waals surface area contributed by atoms with Crippen LogP contribution < -0.4 is 14.9 Å². The summed E-state index contributed by atoms with van der Waals surface area (Å²) >= 11 is 1.28. The fourth-order valence-corrected chi connectivity index (χ4v) is 13.5. The number of ether oxygens (including phenoxy) is 1. The van der Waals surface area contributed by atoms with Gasteiger partial charge in [0, 0.05) is 47.9 Å². The monoisotopic (exact) mass is 951 g/mol. The number of carbonyl (C=O) groups excluding carboxylic acids is 4. The van der Waals surface area contributed by atoms with Crippen molar-refractivity contribution in [2.24, 2.45) is 0 Å². The summed E-state index contributed by atoms with van der Waals surface area (Å²) in [6.45, 7) is 4.17. The highest BCUT2D eigenvalue weighted by Crippen LogP contribution is 2.58. The molecule has 4 aliphatic heterocycles. The summed E-state index contributed by atoms with van der Waals surface area (Å²) in [6, 6.07) is 19.8. The Kier molecular flexibility index (Phi) is 14.9. The first kappa shape index (κ1) is 48.1. The van der Waals surface area contributed by atoms with Crippen molar-refractivity contribution >= 4 is 43.0 Å². The van der Waals surface area contributed by atoms with Gasteiger partial charge < -0.3 is 29.3 Å². The summed E-state index contributed by atoms with van der Waals surface area (Å²) in [4.78, 5) is 63.0. The lowest BCUT2D eigenvalue weighted by atomic mass is 9.93. The molecule has 66 heavy (non-hydrogen) atoms. The van der Waals surface area contributed by atoms with Crippen molar-refractivity contribution in [1.29, 1.82) is 0 Å². The molecule has 2 N–H and O–H groups in total. The van der Waals surface area contributed by atoms with Crippen LogP contribution in [-0.2, 0) is 34.9 Å². The maximum atomic E-state index is 16.7. The van der Waals surface area contributed by atoms with Crippen LogP contribution in [0.4, 0.5) is 13.2 Å². The summed E-state index contributed by atoms with van der Waals surface area (Å²) in [6.07, 6.45) is 3.11. The zero-order valence-electron chi connectivity index (χ0n) is 37.8. The standard InChI is InChI=1S/C49H61F3N5O7PS/c1-4-25-63-48(61)31(2)54-65(62,64-38-13-9-6-10-14-38)44(52)33-15-20-41-34(26-33)27-42(66-41)45(58)53-39-18-16-36(55(3)24-21-43(50)51)28-37-17-19-40(57(37)46(39)59)47(60)56-30-35(29-49(56)22-23-49)32-11-7-5-8-12-32/h5-15,20,26,31,35-37,39-40,42-44H,4,16-19,21-25,27-30H2,1-3H3,(H,53,58)(H,54,62)/t31-,35+,36-,37+,39-,40-,42?,44-,65?/m0/s1. The molecule has 1 aliphatic carbocycles. The van der Waals surface area contributed by atoms with Crippen LogP contribution in [0.25, 0.3) is 0 Å². The second kappa shape index (κ2) is 20.5. The number of benzene rings is 3. The molecule has 5 aliphatic rings. The SMILES string of the molecule is CCCOC(=O)[C@H](C)NP(=O)(Oc1ccccc1)[C@H](F)c1ccc2c(c1)CC(C(=O)N[C@H]1CC[C@H](N(C)CCC(F)F)C[C@H]3CC[C@@H](C(=O)N4C[C@H](c5ccccc5)CC45CC5)N3C1=O)S2. The fraction of sp³-hybridized carbons (Fsp3) is 0.551. The van der Waals surface area contributed by atoms with Gasteiger partial charge in [-0.3, -0.25) is 23.7 Å². The molecular formula is C49H61F3N5O7PS. The first-order chi connectivity index (χ1) is 31.7. The third kappa shape index (κ3) is 10.5. The topological polar surface area (TPSA) is 138 Å². The van der Waals surface area contributed by atoms with Crippen LogP contribution in [0.1, 0.15) is 107 Å². The number of fused-ring (bicyclic) bond motifs is 2. The summed E-state index contributed by atoms with van der Waals surface area (Å²) < 4.78 is 68.9. The number of alkyl halides is 3. The van der Waals surface area contributed by atoms with Crippen LogP contribution in [0.5, 0.6) is 5.75 Å². The first-order valence-electron chi connectivity index (χ1n) is 23.4. The first-order valence-corrected chi connectivity index (χ1v) is 26.0. The average molecular weight is 952 g/mol. The van der Waals surface area contributed by atoms with E-state index in [2.05, 4.69) is 22.5 Å². The number of hydrogen-bond donors (Lipinski definition) is 2. The minimum atomic E-state index is -4.48. The largest absolute Gasteiger partial charge is 0.465 e. The van der Waals surface area contributed by atoms with E-state index >= 15 is 4.39 Å². The van der Waals surface area contributed by atoms with Crippen molar-refractivity contribution in [2.45, 2.75) is 149 Å². The van der Waals surface area contributed by atoms with Gasteiger partial charge >= 0.3 is 13.5 Å². The van der Waals surface area contributed by atoms with Gasteiger partial charge in [-0.2, -0.15) is 0 Å². The van der Waals surface area contributed by atoms with E-state index in [1.54, 1.807) is 35.2 Å². The molecule has 3 aromatic rings. The number of para-hydroxylation sites is 1. The number of nitrogens with zero attached hydrogens (tertiary/aromatic N) is 3. The van der Waals surface area contributed by atoms with Crippen LogP contribution in [0.15, 0.2) is 83.8 Å². The van der Waals surface area contributed by atoms with Gasteiger partial charge in [0.1, 0.15) is 23.9 Å². The second-order valence-corrected chi connectivity index (χ2v) is 22.0. The second-order valence-electron chi connectivity index (χ2n) is 18.7. The molecule has 17 heteroatoms. The van der Waals surface area contributed by atoms with Gasteiger partial charge in [-0.15, -0.1) is 11.8 Å². The highest BCUT2D eigenvalue weighted by Gasteiger charge is 2.59. The highest BCUT2D eigenvalue weighted by molar-refractivity contribution is 8.01. The van der Waals surface area contributed by atoms with Gasteiger partial charge in [0.2, 0.25) is 30.1 Å². The lowest BCUT2D eigenvalue weighted by Gasteiger charge is -2.41. The van der Waals surface area contributed by atoms with Crippen LogP contribution in [0, 0.1) is 0 Å². The Morgan fingerprint density at radius 3 is 2.41 bits per heavy atom. The molecule has 3 amide bonds. The molecular weight excluding hydrogens is 891 g/mol. The van der Waals surface area contributed by atoms with Gasteiger partial charge in [-0.05, 0) is 113 Å². The van der Waals surface area contributed by atoms with E-state index in [9.17, 15) is 32.5 Å². The predicted octanol–water partition coefficient (Wildman–Crippen LogP) is 8.41. The molecule has 356 valence electrons. The maximum Gasteiger partial charge on any atom is 0.355 e. The summed E-state index contributed by atoms with van der Waals surface area (Å²) in [5.41, 5.74) is 1.66. The molecule has 0 bridgehead atoms. The molecule has 1 spiro atoms. The van der Waals surface area contributed by atoms with Crippen LogP contribution >= 0.6 is 19.3 Å². The van der Waals surface area contributed by atoms with Crippen molar-refractivity contribution < 1.29 is 46.2 Å². The number of amides is 3. The number of esters is 1. The van der Waals surface area contributed by atoms with E-state index in [1.165, 1.54) is 42.4 Å². The van der Waals surface area contributed by atoms with Crippen LogP contribution in [0.3, 0.4) is 0 Å². The Bertz CT molecular complexity index is 2280. The molecule has 2 unspecified atom stereocenters. The van der Waals surface area contributed by atoms with Gasteiger partial charge in [0.25, 0.3) is 0 Å². The van der Waals surface area contributed by atoms with E-state index in [0.717, 1.165) is 24.2 Å². The number of nitrogens with one attached hydrogen (secondary N) is 2. The number of thioether (sulfide) groups is 1. The smallest absolute Gasteiger partial charge is 0.355 e. The van der Waals surface area contributed by atoms with Crippen molar-refractivity contribution in [1.82, 2.24) is 25.1 Å². The summed E-state index contributed by atoms with van der Waals surface area (Å²) in [5, 5.41) is 4.97. The molecule has 8 rings (SSSR count). The van der Waals surface area contributed by atoms with E-state index in [4.69, 9.17) is 9.26 Å². The third-order valence-electron chi connectivity index (χ3n) is 14.1. The Hall–Kier alpha value is -4.37. The molecule has 0 radical (unpaired) electrons. The number of likely N-dealkylation sites (tertiary alicyclic amines) is 1. The van der Waals surface area contributed by atoms with Crippen molar-refractivity contribution in [3.05, 3.63) is 95.6 Å². The molecule has 1 saturated carbocycles. The molecule has 3 saturated heterocycles. The maximum absolute atomic E-state index is 16.7. The highest BCUT2D eigenvalue weighted by atomic mass is 32.2. The van der Waals surface area contributed by atoms with E-state index in [0.29, 0.717) is 44.2 Å². The fourth-order valence-electron chi connectivity index (χ4n) is 10.4. The number of rotatable bonds is 17. The number of hydrogen-bond acceptors (Lipinski definition) is 9. The lowest BCUT2D eigenvalue weighted by molar-refractivity contribution is -0.149. The van der Waals surface area contributed by atoms with E-state index in [-0.39, 0.29) is 79.1 Å². The molecule has 9 atom stereocenters. The van der Waals surface area contributed by atoms with E-state index < -0.39 is 55.1 Å². The predicted molar refractivity (Wildman–Crippen MR) is 246 cm³/mol. The average Bonchev–Trinajstić information content (AvgIpc) is 3.59. The third-order valence-corrected chi connectivity index (χ3v) is 17.5. The van der Waals surface area contributed by atoms with Crippen LogP contribution in [0.2, 0.25) is 0 Å². The van der Waals surface area contributed by atoms with Gasteiger partial charge in [0.05, 0.1) is 11.9 Å². The summed E-state index contributed by atoms with van der Waals surface area (Å²) in [7, 11) is -2.66. The van der Waals surface area contributed by atoms with Crippen molar-refractivity contribution in [3.63, 3.8) is 0 Å². The van der Waals surface area contributed by atoms with Gasteiger partial charge in [0.15, 0.2) is 0 Å². The summed E-state index contributed by atoms with van der Waals surface area (Å²) in [5.74, 6) is -3.32. The zero-order chi connectivity index (χ0) is 46.8. The Morgan fingerprint density at radius 2 is 1.71 bits per heavy atom. The van der Waals surface area contributed by atoms with Gasteiger partial charge in [-0.1, -0.05) is 67.6 Å². The lowest BCUT2D eigenvalue weighted by Crippen LogP contribution is -2.59.